The lowest BCUT2D eigenvalue weighted by molar-refractivity contribution is -0.127. The maximum Gasteiger partial charge on any atom is 0.207 e. The normalized spacial score (nSPS) is 17.9. The van der Waals surface area contributed by atoms with Crippen LogP contribution in [-0.4, -0.2) is 5.06 Å². The monoisotopic (exact) mass is 328 g/mol. The number of hydrogen-bond acceptors (Lipinski definition) is 4. The van der Waals surface area contributed by atoms with Crippen LogP contribution in [0.4, 0.5) is 8.78 Å². The first-order chi connectivity index (χ1) is 11.6. The van der Waals surface area contributed by atoms with Crippen molar-refractivity contribution in [2.75, 3.05) is 0 Å². The van der Waals surface area contributed by atoms with E-state index >= 15 is 0 Å². The van der Waals surface area contributed by atoms with Crippen LogP contribution < -0.4 is 5.73 Å². The molecule has 2 aromatic carbocycles. The molecule has 4 rings (SSSR count). The summed E-state index contributed by atoms with van der Waals surface area (Å²) in [5.74, 6) is -1.51. The van der Waals surface area contributed by atoms with Crippen molar-refractivity contribution in [1.29, 1.82) is 0 Å². The van der Waals surface area contributed by atoms with E-state index in [-0.39, 0.29) is 18.5 Å². The average molecular weight is 328 g/mol. The summed E-state index contributed by atoms with van der Waals surface area (Å²) in [6, 6.07) is 11.1. The molecule has 0 amide bonds. The largest absolute Gasteiger partial charge is 0.464 e. The minimum Gasteiger partial charge on any atom is -0.464 e. The zero-order chi connectivity index (χ0) is 16.7. The molecule has 0 fully saturated rings. The summed E-state index contributed by atoms with van der Waals surface area (Å²) < 4.78 is 32.1. The quantitative estimate of drug-likeness (QED) is 0.789. The number of hydrogen-bond donors (Lipinski definition) is 1. The van der Waals surface area contributed by atoms with Crippen LogP contribution in [-0.2, 0) is 11.4 Å². The molecule has 2 heterocycles. The summed E-state index contributed by atoms with van der Waals surface area (Å²) in [5, 5.41) is 2.56. The predicted molar refractivity (Wildman–Crippen MR) is 84.2 cm³/mol. The summed E-state index contributed by atoms with van der Waals surface area (Å²) in [6.45, 7) is 0.249. The highest BCUT2D eigenvalue weighted by Gasteiger charge is 2.30. The van der Waals surface area contributed by atoms with E-state index in [1.54, 1.807) is 17.4 Å². The number of furan rings is 1. The lowest BCUT2D eigenvalue weighted by Gasteiger charge is -2.22. The Kier molecular flexibility index (Phi) is 3.46. The smallest absolute Gasteiger partial charge is 0.207 e. The van der Waals surface area contributed by atoms with E-state index in [2.05, 4.69) is 0 Å². The lowest BCUT2D eigenvalue weighted by Crippen LogP contribution is -2.23. The van der Waals surface area contributed by atoms with Gasteiger partial charge in [-0.05, 0) is 23.8 Å². The van der Waals surface area contributed by atoms with Crippen molar-refractivity contribution in [1.82, 2.24) is 5.06 Å². The number of para-hydroxylation sites is 1. The number of hydroxylamine groups is 2. The molecule has 1 unspecified atom stereocenters. The summed E-state index contributed by atoms with van der Waals surface area (Å²) >= 11 is 0. The fourth-order valence-electron chi connectivity index (χ4n) is 2.88. The standard InChI is InChI=1S/C18H14F2N2O2/c19-14-6-5-11(7-15(14)20)9-22-16(8-18(21)24-22)13-10-23-17-4-2-1-3-12(13)17/h1-8,10,16H,9,21H2. The molecule has 0 radical (unpaired) electrons. The van der Waals surface area contributed by atoms with Crippen LogP contribution in [0.2, 0.25) is 0 Å². The van der Waals surface area contributed by atoms with Gasteiger partial charge in [-0.3, -0.25) is 0 Å². The van der Waals surface area contributed by atoms with E-state index in [1.165, 1.54) is 6.07 Å². The highest BCUT2D eigenvalue weighted by atomic mass is 19.2. The summed E-state index contributed by atoms with van der Waals surface area (Å²) in [6.07, 6.45) is 3.42. The van der Waals surface area contributed by atoms with Gasteiger partial charge in [0.25, 0.3) is 0 Å². The van der Waals surface area contributed by atoms with E-state index in [0.717, 1.165) is 28.7 Å². The number of benzene rings is 2. The Morgan fingerprint density at radius 3 is 2.75 bits per heavy atom. The first-order valence-corrected chi connectivity index (χ1v) is 7.44. The molecule has 3 aromatic rings. The first-order valence-electron chi connectivity index (χ1n) is 7.44. The van der Waals surface area contributed by atoms with Crippen molar-refractivity contribution >= 4 is 11.0 Å². The van der Waals surface area contributed by atoms with E-state index < -0.39 is 11.6 Å². The molecule has 6 heteroatoms. The van der Waals surface area contributed by atoms with Crippen LogP contribution >= 0.6 is 0 Å². The fraction of sp³-hybridized carbons (Fsp3) is 0.111. The van der Waals surface area contributed by atoms with Crippen LogP contribution in [0, 0.1) is 11.6 Å². The Morgan fingerprint density at radius 2 is 1.92 bits per heavy atom. The number of halogens is 2. The van der Waals surface area contributed by atoms with Gasteiger partial charge in [0, 0.05) is 17.0 Å². The van der Waals surface area contributed by atoms with Crippen molar-refractivity contribution in [2.45, 2.75) is 12.6 Å². The van der Waals surface area contributed by atoms with Crippen LogP contribution in [0.3, 0.4) is 0 Å². The number of fused-ring (bicyclic) bond motifs is 1. The summed E-state index contributed by atoms with van der Waals surface area (Å²) in [7, 11) is 0. The van der Waals surface area contributed by atoms with E-state index in [9.17, 15) is 8.78 Å². The van der Waals surface area contributed by atoms with Gasteiger partial charge < -0.3 is 15.0 Å². The minimum absolute atomic E-state index is 0.249. The molecular formula is C18H14F2N2O2. The van der Waals surface area contributed by atoms with Gasteiger partial charge in [-0.25, -0.2) is 8.78 Å². The molecule has 0 bridgehead atoms. The summed E-state index contributed by atoms with van der Waals surface area (Å²) in [4.78, 5) is 5.54. The van der Waals surface area contributed by atoms with Crippen molar-refractivity contribution < 1.29 is 18.0 Å². The molecule has 4 nitrogen and oxygen atoms in total. The van der Waals surface area contributed by atoms with Gasteiger partial charge >= 0.3 is 0 Å². The maximum atomic E-state index is 13.4. The topological polar surface area (TPSA) is 51.6 Å². The zero-order valence-electron chi connectivity index (χ0n) is 12.6. The van der Waals surface area contributed by atoms with Crippen molar-refractivity contribution in [2.24, 2.45) is 5.73 Å². The molecule has 0 saturated heterocycles. The van der Waals surface area contributed by atoms with Crippen LogP contribution in [0.25, 0.3) is 11.0 Å². The molecule has 0 spiro atoms. The van der Waals surface area contributed by atoms with Crippen molar-refractivity contribution in [3.63, 3.8) is 0 Å². The second-order valence-electron chi connectivity index (χ2n) is 5.62. The maximum absolute atomic E-state index is 13.4. The lowest BCUT2D eigenvalue weighted by atomic mass is 10.0. The van der Waals surface area contributed by atoms with Crippen molar-refractivity contribution in [3.8, 4) is 0 Å². The summed E-state index contributed by atoms with van der Waals surface area (Å²) in [5.41, 5.74) is 8.04. The molecule has 0 aliphatic carbocycles. The second-order valence-corrected chi connectivity index (χ2v) is 5.62. The molecule has 1 aliphatic heterocycles. The molecule has 1 atom stereocenters. The van der Waals surface area contributed by atoms with Gasteiger partial charge in [0.1, 0.15) is 5.58 Å². The second kappa shape index (κ2) is 5.65. The third-order valence-corrected chi connectivity index (χ3v) is 4.01. The van der Waals surface area contributed by atoms with E-state index in [4.69, 9.17) is 15.0 Å². The molecule has 24 heavy (non-hydrogen) atoms. The fourth-order valence-corrected chi connectivity index (χ4v) is 2.88. The molecule has 122 valence electrons. The molecule has 0 saturated carbocycles. The van der Waals surface area contributed by atoms with E-state index in [0.29, 0.717) is 5.56 Å². The Labute approximate surface area is 136 Å². The number of rotatable bonds is 3. The van der Waals surface area contributed by atoms with Crippen LogP contribution in [0.5, 0.6) is 0 Å². The van der Waals surface area contributed by atoms with Crippen LogP contribution in [0.15, 0.2) is 65.1 Å². The number of nitrogens with zero attached hydrogens (tertiary/aromatic N) is 1. The molecular weight excluding hydrogens is 314 g/mol. The highest BCUT2D eigenvalue weighted by Crippen LogP contribution is 2.36. The average Bonchev–Trinajstić information content (AvgIpc) is 3.14. The Balaban J connectivity index is 1.67. The highest BCUT2D eigenvalue weighted by molar-refractivity contribution is 5.81. The third kappa shape index (κ3) is 2.51. The van der Waals surface area contributed by atoms with Gasteiger partial charge in [0.05, 0.1) is 18.8 Å². The van der Waals surface area contributed by atoms with E-state index in [1.807, 2.05) is 24.3 Å². The Bertz CT molecular complexity index is 936. The zero-order valence-corrected chi connectivity index (χ0v) is 12.6. The van der Waals surface area contributed by atoms with Gasteiger partial charge in [-0.15, -0.1) is 5.06 Å². The number of nitrogens with two attached hydrogens (primary N) is 1. The first kappa shape index (κ1) is 14.7. The SMILES string of the molecule is NC1=CC(c2coc3ccccc23)N(Cc2ccc(F)c(F)c2)O1. The van der Waals surface area contributed by atoms with Crippen LogP contribution in [0.1, 0.15) is 17.2 Å². The van der Waals surface area contributed by atoms with Gasteiger partial charge in [-0.1, -0.05) is 24.3 Å². The Morgan fingerprint density at radius 1 is 1.08 bits per heavy atom. The van der Waals surface area contributed by atoms with Gasteiger partial charge in [0.2, 0.25) is 5.88 Å². The third-order valence-electron chi connectivity index (χ3n) is 4.01. The Hall–Kier alpha value is -2.86. The minimum atomic E-state index is -0.891. The molecule has 2 N–H and O–H groups in total. The van der Waals surface area contributed by atoms with Gasteiger partial charge in [-0.2, -0.15) is 0 Å². The van der Waals surface area contributed by atoms with Crippen molar-refractivity contribution in [3.05, 3.63) is 83.4 Å². The molecule has 1 aromatic heterocycles. The molecule has 1 aliphatic rings. The van der Waals surface area contributed by atoms with Gasteiger partial charge in [0.15, 0.2) is 11.6 Å². The predicted octanol–water partition coefficient (Wildman–Crippen LogP) is 4.00.